The Hall–Kier alpha value is -2.51. The Kier molecular flexibility index (Phi) is 6.76. The van der Waals surface area contributed by atoms with Gasteiger partial charge in [0, 0.05) is 50.6 Å². The fourth-order valence-electron chi connectivity index (χ4n) is 4.22. The first-order valence-corrected chi connectivity index (χ1v) is 12.2. The van der Waals surface area contributed by atoms with Gasteiger partial charge in [0.15, 0.2) is 0 Å². The third-order valence-electron chi connectivity index (χ3n) is 6.50. The Labute approximate surface area is 193 Å². The molecule has 1 aromatic carbocycles. The van der Waals surface area contributed by atoms with E-state index in [4.69, 9.17) is 0 Å². The fraction of sp³-hybridized carbons (Fsp3) is 0.480. The van der Waals surface area contributed by atoms with E-state index in [1.807, 2.05) is 18.7 Å². The van der Waals surface area contributed by atoms with Crippen molar-refractivity contribution in [1.29, 1.82) is 0 Å². The first kappa shape index (κ1) is 22.7. The van der Waals surface area contributed by atoms with Crippen LogP contribution in [0.3, 0.4) is 0 Å². The molecule has 0 saturated carbocycles. The molecule has 7 heteroatoms. The minimum atomic E-state index is -0.0436. The van der Waals surface area contributed by atoms with E-state index in [9.17, 15) is 9.59 Å². The van der Waals surface area contributed by atoms with Crippen molar-refractivity contribution in [1.82, 2.24) is 19.4 Å². The van der Waals surface area contributed by atoms with Gasteiger partial charge >= 0.3 is 0 Å². The number of hydrogen-bond acceptors (Lipinski definition) is 5. The van der Waals surface area contributed by atoms with Gasteiger partial charge in [0.05, 0.1) is 11.7 Å². The lowest BCUT2D eigenvalue weighted by molar-refractivity contribution is -0.133. The lowest BCUT2D eigenvalue weighted by Crippen LogP contribution is -2.48. The first-order valence-electron chi connectivity index (χ1n) is 11.4. The van der Waals surface area contributed by atoms with Crippen LogP contribution in [0.5, 0.6) is 0 Å². The smallest absolute Gasteiger partial charge is 0.262 e. The zero-order valence-corrected chi connectivity index (χ0v) is 20.2. The highest BCUT2D eigenvalue weighted by molar-refractivity contribution is 7.18. The number of thiophene rings is 1. The molecule has 0 radical (unpaired) electrons. The molecule has 1 amide bonds. The highest BCUT2D eigenvalue weighted by Gasteiger charge is 2.21. The predicted octanol–water partition coefficient (Wildman–Crippen LogP) is 3.93. The van der Waals surface area contributed by atoms with E-state index in [2.05, 4.69) is 48.0 Å². The van der Waals surface area contributed by atoms with Crippen LogP contribution < -0.4 is 5.56 Å². The average Bonchev–Trinajstić information content (AvgIpc) is 3.08. The van der Waals surface area contributed by atoms with Gasteiger partial charge < -0.3 is 4.90 Å². The van der Waals surface area contributed by atoms with Crippen molar-refractivity contribution >= 4 is 27.5 Å². The van der Waals surface area contributed by atoms with Crippen LogP contribution in [-0.4, -0.2) is 51.4 Å². The van der Waals surface area contributed by atoms with Crippen LogP contribution in [-0.2, 0) is 17.9 Å². The maximum Gasteiger partial charge on any atom is 0.262 e. The van der Waals surface area contributed by atoms with Crippen molar-refractivity contribution in [3.63, 3.8) is 0 Å². The van der Waals surface area contributed by atoms with Crippen LogP contribution in [0.2, 0.25) is 0 Å². The number of fused-ring (bicyclic) bond motifs is 1. The zero-order chi connectivity index (χ0) is 22.8. The molecule has 0 bridgehead atoms. The number of piperazine rings is 1. The molecule has 0 aliphatic carbocycles. The summed E-state index contributed by atoms with van der Waals surface area (Å²) in [4.78, 5) is 36.2. The number of nitrogens with zero attached hydrogens (tertiary/aromatic N) is 4. The molecule has 1 fully saturated rings. The summed E-state index contributed by atoms with van der Waals surface area (Å²) in [6.45, 7) is 12.9. The second-order valence-corrected chi connectivity index (χ2v) is 10.2. The third kappa shape index (κ3) is 4.79. The predicted molar refractivity (Wildman–Crippen MR) is 130 cm³/mol. The number of benzene rings is 1. The van der Waals surface area contributed by atoms with Crippen LogP contribution in [0.1, 0.15) is 47.8 Å². The van der Waals surface area contributed by atoms with Crippen molar-refractivity contribution in [2.75, 3.05) is 26.2 Å². The third-order valence-corrected chi connectivity index (χ3v) is 7.62. The minimum Gasteiger partial charge on any atom is -0.340 e. The van der Waals surface area contributed by atoms with Gasteiger partial charge in [-0.05, 0) is 36.5 Å². The number of aryl methyl sites for hydroxylation is 3. The summed E-state index contributed by atoms with van der Waals surface area (Å²) in [6.07, 6.45) is 1.90. The van der Waals surface area contributed by atoms with Crippen molar-refractivity contribution in [2.24, 2.45) is 0 Å². The number of amides is 1. The molecule has 0 N–H and O–H groups in total. The van der Waals surface area contributed by atoms with Gasteiger partial charge in [0.1, 0.15) is 4.83 Å². The van der Waals surface area contributed by atoms with E-state index in [-0.39, 0.29) is 11.5 Å². The molecule has 3 aromatic rings. The number of rotatable bonds is 6. The van der Waals surface area contributed by atoms with Gasteiger partial charge in [0.2, 0.25) is 5.91 Å². The first-order chi connectivity index (χ1) is 15.3. The maximum atomic E-state index is 12.8. The van der Waals surface area contributed by atoms with Crippen LogP contribution in [0.25, 0.3) is 10.2 Å². The summed E-state index contributed by atoms with van der Waals surface area (Å²) in [6, 6.07) is 8.86. The van der Waals surface area contributed by atoms with E-state index in [0.29, 0.717) is 24.3 Å². The van der Waals surface area contributed by atoms with Gasteiger partial charge in [-0.1, -0.05) is 38.1 Å². The van der Waals surface area contributed by atoms with E-state index in [1.54, 1.807) is 22.2 Å². The Morgan fingerprint density at radius 2 is 1.78 bits per heavy atom. The monoisotopic (exact) mass is 452 g/mol. The molecule has 2 aromatic heterocycles. The number of carbonyl (C=O) groups is 1. The largest absolute Gasteiger partial charge is 0.340 e. The topological polar surface area (TPSA) is 58.4 Å². The lowest BCUT2D eigenvalue weighted by Gasteiger charge is -2.35. The number of hydrogen-bond donors (Lipinski definition) is 0. The number of aromatic nitrogens is 2. The van der Waals surface area contributed by atoms with Crippen molar-refractivity contribution in [2.45, 2.75) is 53.1 Å². The Morgan fingerprint density at radius 1 is 1.09 bits per heavy atom. The van der Waals surface area contributed by atoms with Gasteiger partial charge in [-0.2, -0.15) is 0 Å². The molecule has 6 nitrogen and oxygen atoms in total. The van der Waals surface area contributed by atoms with Gasteiger partial charge in [0.25, 0.3) is 5.56 Å². The van der Waals surface area contributed by atoms with E-state index in [1.165, 1.54) is 11.1 Å². The number of carbonyl (C=O) groups excluding carboxylic acids is 1. The zero-order valence-electron chi connectivity index (χ0n) is 19.4. The summed E-state index contributed by atoms with van der Waals surface area (Å²) >= 11 is 1.55. The summed E-state index contributed by atoms with van der Waals surface area (Å²) in [5.74, 6) is 0.654. The van der Waals surface area contributed by atoms with Gasteiger partial charge in [-0.25, -0.2) is 4.98 Å². The molecule has 3 heterocycles. The Bertz CT molecular complexity index is 1160. The van der Waals surface area contributed by atoms with Crippen LogP contribution in [0.4, 0.5) is 0 Å². The second kappa shape index (κ2) is 9.55. The molecule has 1 aliphatic heterocycles. The highest BCUT2D eigenvalue weighted by Crippen LogP contribution is 2.25. The van der Waals surface area contributed by atoms with Crippen LogP contribution >= 0.6 is 11.3 Å². The molecule has 1 saturated heterocycles. The highest BCUT2D eigenvalue weighted by atomic mass is 32.1. The normalized spacial score (nSPS) is 15.1. The molecule has 0 spiro atoms. The van der Waals surface area contributed by atoms with Crippen LogP contribution in [0.15, 0.2) is 35.4 Å². The standard InChI is InChI=1S/C25H32N4O2S/c1-17(2)21-7-5-20(6-8-21)15-27-11-13-28(14-12-27)22(30)9-10-29-16-26-24-23(25(29)31)18(3)19(4)32-24/h5-8,16-17H,9-15H2,1-4H3. The average molecular weight is 453 g/mol. The SMILES string of the molecule is Cc1sc2ncn(CCC(=O)N3CCN(Cc4ccc(C(C)C)cc4)CC3)c(=O)c2c1C. The van der Waals surface area contributed by atoms with Crippen molar-refractivity contribution < 1.29 is 4.79 Å². The molecule has 0 atom stereocenters. The summed E-state index contributed by atoms with van der Waals surface area (Å²) in [5, 5.41) is 0.692. The van der Waals surface area contributed by atoms with Gasteiger partial charge in [-0.15, -0.1) is 11.3 Å². The molecule has 170 valence electrons. The van der Waals surface area contributed by atoms with Crippen molar-refractivity contribution in [3.8, 4) is 0 Å². The molecule has 4 rings (SSSR count). The van der Waals surface area contributed by atoms with E-state index >= 15 is 0 Å². The Morgan fingerprint density at radius 3 is 2.44 bits per heavy atom. The summed E-state index contributed by atoms with van der Waals surface area (Å²) in [7, 11) is 0. The van der Waals surface area contributed by atoms with Crippen molar-refractivity contribution in [3.05, 3.63) is 62.5 Å². The van der Waals surface area contributed by atoms with E-state index < -0.39 is 0 Å². The fourth-order valence-corrected chi connectivity index (χ4v) is 5.21. The Balaban J connectivity index is 1.29. The minimum absolute atomic E-state index is 0.0436. The summed E-state index contributed by atoms with van der Waals surface area (Å²) in [5.41, 5.74) is 3.63. The van der Waals surface area contributed by atoms with Crippen LogP contribution in [0, 0.1) is 13.8 Å². The molecule has 0 unspecified atom stereocenters. The summed E-state index contributed by atoms with van der Waals surface area (Å²) < 4.78 is 1.58. The molecule has 1 aliphatic rings. The molecule has 32 heavy (non-hydrogen) atoms. The second-order valence-electron chi connectivity index (χ2n) is 9.01. The maximum absolute atomic E-state index is 12.8. The van der Waals surface area contributed by atoms with E-state index in [0.717, 1.165) is 48.0 Å². The molecular formula is C25H32N4O2S. The lowest BCUT2D eigenvalue weighted by atomic mass is 10.0. The quantitative estimate of drug-likeness (QED) is 0.569. The molecular weight excluding hydrogens is 420 g/mol. The van der Waals surface area contributed by atoms with Gasteiger partial charge in [-0.3, -0.25) is 19.1 Å².